The molecule has 2 atom stereocenters. The van der Waals surface area contributed by atoms with Crippen LogP contribution in [0.3, 0.4) is 0 Å². The van der Waals surface area contributed by atoms with Crippen molar-refractivity contribution in [1.29, 1.82) is 0 Å². The minimum absolute atomic E-state index is 0. The Morgan fingerprint density at radius 3 is 1.97 bits per heavy atom. The molecule has 1 fully saturated rings. The second kappa shape index (κ2) is 12.3. The molecule has 0 bridgehead atoms. The number of benzene rings is 2. The van der Waals surface area contributed by atoms with E-state index in [0.29, 0.717) is 37.7 Å². The maximum absolute atomic E-state index is 12.8. The molecule has 0 saturated carbocycles. The van der Waals surface area contributed by atoms with Crippen LogP contribution in [0.2, 0.25) is 5.02 Å². The van der Waals surface area contributed by atoms with E-state index in [1.54, 1.807) is 7.05 Å². The molecule has 6 nitrogen and oxygen atoms in total. The van der Waals surface area contributed by atoms with Crippen molar-refractivity contribution < 1.29 is 9.53 Å². The van der Waals surface area contributed by atoms with E-state index < -0.39 is 0 Å². The van der Waals surface area contributed by atoms with Gasteiger partial charge in [-0.1, -0.05) is 35.9 Å². The lowest BCUT2D eigenvalue weighted by Crippen LogP contribution is -2.48. The van der Waals surface area contributed by atoms with Gasteiger partial charge >= 0.3 is 0 Å². The van der Waals surface area contributed by atoms with Crippen LogP contribution < -0.4 is 10.6 Å². The first-order valence-electron chi connectivity index (χ1n) is 10.2. The number of amides is 1. The molecule has 31 heavy (non-hydrogen) atoms. The van der Waals surface area contributed by atoms with Gasteiger partial charge in [-0.15, -0.1) is 24.0 Å². The molecule has 168 valence electrons. The number of nitrogens with zero attached hydrogens (tertiary/aromatic N) is 2. The lowest BCUT2D eigenvalue weighted by Gasteiger charge is -2.35. The Bertz CT molecular complexity index is 864. The van der Waals surface area contributed by atoms with E-state index in [0.717, 1.165) is 16.1 Å². The van der Waals surface area contributed by atoms with Gasteiger partial charge in [-0.05, 0) is 49.2 Å². The van der Waals surface area contributed by atoms with Gasteiger partial charge in [0.1, 0.15) is 0 Å². The highest BCUT2D eigenvalue weighted by molar-refractivity contribution is 14.0. The summed E-state index contributed by atoms with van der Waals surface area (Å²) in [7, 11) is 1.74. The number of carbonyl (C=O) groups is 1. The third kappa shape index (κ3) is 7.66. The highest BCUT2D eigenvalue weighted by atomic mass is 127. The zero-order valence-corrected chi connectivity index (χ0v) is 21.2. The molecule has 1 saturated heterocycles. The minimum atomic E-state index is 0. The molecule has 1 heterocycles. The normalized spacial score (nSPS) is 18.8. The highest BCUT2D eigenvalue weighted by Crippen LogP contribution is 2.15. The first-order valence-corrected chi connectivity index (χ1v) is 10.5. The smallest absolute Gasteiger partial charge is 0.254 e. The number of morpholine rings is 1. The van der Waals surface area contributed by atoms with E-state index >= 15 is 0 Å². The molecular formula is C23H30ClIN4O2. The van der Waals surface area contributed by atoms with Crippen molar-refractivity contribution >= 4 is 47.4 Å². The summed E-state index contributed by atoms with van der Waals surface area (Å²) < 4.78 is 5.71. The fourth-order valence-electron chi connectivity index (χ4n) is 3.49. The molecule has 3 rings (SSSR count). The average Bonchev–Trinajstić information content (AvgIpc) is 2.74. The Balaban J connectivity index is 0.00000341. The number of ether oxygens (including phenoxy) is 1. The SMILES string of the molecule is CN=C(NCc1ccc(Cl)cc1)NCc1ccc(C(=O)N2CC(C)OC(C)C2)cc1.I. The lowest BCUT2D eigenvalue weighted by molar-refractivity contribution is -0.0586. The molecular weight excluding hydrogens is 527 g/mol. The molecule has 1 aliphatic heterocycles. The van der Waals surface area contributed by atoms with Gasteiger partial charge in [0.25, 0.3) is 5.91 Å². The summed E-state index contributed by atoms with van der Waals surface area (Å²) in [5, 5.41) is 7.29. The predicted octanol–water partition coefficient (Wildman–Crippen LogP) is 4.07. The van der Waals surface area contributed by atoms with Gasteiger partial charge in [0.15, 0.2) is 5.96 Å². The van der Waals surface area contributed by atoms with Crippen LogP contribution in [0, 0.1) is 0 Å². The second-order valence-electron chi connectivity index (χ2n) is 7.57. The fraction of sp³-hybridized carbons (Fsp3) is 0.391. The summed E-state index contributed by atoms with van der Waals surface area (Å²) in [6.07, 6.45) is 0.126. The van der Waals surface area contributed by atoms with Crippen LogP contribution >= 0.6 is 35.6 Å². The number of carbonyl (C=O) groups excluding carboxylic acids is 1. The van der Waals surface area contributed by atoms with Crippen molar-refractivity contribution in [3.05, 3.63) is 70.2 Å². The molecule has 2 aromatic rings. The molecule has 8 heteroatoms. The first kappa shape index (κ1) is 25.4. The summed E-state index contributed by atoms with van der Waals surface area (Å²) in [5.74, 6) is 0.762. The number of hydrogen-bond acceptors (Lipinski definition) is 3. The Labute approximate surface area is 206 Å². The van der Waals surface area contributed by atoms with E-state index in [2.05, 4.69) is 15.6 Å². The quantitative estimate of drug-likeness (QED) is 0.331. The largest absolute Gasteiger partial charge is 0.372 e. The van der Waals surface area contributed by atoms with Crippen molar-refractivity contribution in [1.82, 2.24) is 15.5 Å². The minimum Gasteiger partial charge on any atom is -0.372 e. The number of halogens is 2. The standard InChI is InChI=1S/C23H29ClN4O2.HI/c1-16-14-28(15-17(2)30-16)22(29)20-8-4-18(5-9-20)12-26-23(25-3)27-13-19-6-10-21(24)11-7-19;/h4-11,16-17H,12-15H2,1-3H3,(H2,25,26,27);1H. The number of rotatable bonds is 5. The van der Waals surface area contributed by atoms with Gasteiger partial charge in [0.05, 0.1) is 12.2 Å². The van der Waals surface area contributed by atoms with E-state index in [1.165, 1.54) is 0 Å². The number of aliphatic imine (C=N–C) groups is 1. The monoisotopic (exact) mass is 556 g/mol. The second-order valence-corrected chi connectivity index (χ2v) is 8.01. The van der Waals surface area contributed by atoms with E-state index in [-0.39, 0.29) is 42.1 Å². The van der Waals surface area contributed by atoms with Crippen molar-refractivity contribution in [2.75, 3.05) is 20.1 Å². The average molecular weight is 557 g/mol. The molecule has 2 aromatic carbocycles. The Hall–Kier alpha value is -1.84. The third-order valence-electron chi connectivity index (χ3n) is 4.96. The van der Waals surface area contributed by atoms with Gasteiger partial charge in [-0.2, -0.15) is 0 Å². The lowest BCUT2D eigenvalue weighted by atomic mass is 10.1. The summed E-state index contributed by atoms with van der Waals surface area (Å²) in [6.45, 7) is 6.52. The first-order chi connectivity index (χ1) is 14.4. The Morgan fingerprint density at radius 2 is 1.48 bits per heavy atom. The van der Waals surface area contributed by atoms with E-state index in [1.807, 2.05) is 67.3 Å². The van der Waals surface area contributed by atoms with Gasteiger partial charge in [-0.25, -0.2) is 0 Å². The van der Waals surface area contributed by atoms with Crippen LogP contribution in [0.25, 0.3) is 0 Å². The van der Waals surface area contributed by atoms with E-state index in [9.17, 15) is 4.79 Å². The molecule has 2 unspecified atom stereocenters. The van der Waals surface area contributed by atoms with Gasteiger partial charge in [-0.3, -0.25) is 9.79 Å². The molecule has 1 amide bonds. The van der Waals surface area contributed by atoms with Crippen LogP contribution in [0.5, 0.6) is 0 Å². The summed E-state index contributed by atoms with van der Waals surface area (Å²) >= 11 is 5.92. The van der Waals surface area contributed by atoms with Gasteiger partial charge in [0, 0.05) is 43.8 Å². The number of hydrogen-bond donors (Lipinski definition) is 2. The number of nitrogens with one attached hydrogen (secondary N) is 2. The Morgan fingerprint density at radius 1 is 1.00 bits per heavy atom. The van der Waals surface area contributed by atoms with Crippen molar-refractivity contribution in [3.8, 4) is 0 Å². The van der Waals surface area contributed by atoms with Crippen LogP contribution in [-0.4, -0.2) is 49.1 Å². The van der Waals surface area contributed by atoms with Crippen molar-refractivity contribution in [2.24, 2.45) is 4.99 Å². The zero-order chi connectivity index (χ0) is 21.5. The number of guanidine groups is 1. The topological polar surface area (TPSA) is 66.0 Å². The molecule has 0 aliphatic carbocycles. The Kier molecular flexibility index (Phi) is 10.1. The third-order valence-corrected chi connectivity index (χ3v) is 5.22. The maximum atomic E-state index is 12.8. The van der Waals surface area contributed by atoms with Crippen LogP contribution in [0.15, 0.2) is 53.5 Å². The molecule has 0 radical (unpaired) electrons. The fourth-order valence-corrected chi connectivity index (χ4v) is 3.61. The maximum Gasteiger partial charge on any atom is 0.254 e. The highest BCUT2D eigenvalue weighted by Gasteiger charge is 2.26. The van der Waals surface area contributed by atoms with Crippen LogP contribution in [0.1, 0.15) is 35.3 Å². The molecule has 0 aromatic heterocycles. The van der Waals surface area contributed by atoms with Gasteiger partial charge in [0.2, 0.25) is 0 Å². The zero-order valence-electron chi connectivity index (χ0n) is 18.1. The van der Waals surface area contributed by atoms with Gasteiger partial charge < -0.3 is 20.3 Å². The van der Waals surface area contributed by atoms with Crippen LogP contribution in [-0.2, 0) is 17.8 Å². The van der Waals surface area contributed by atoms with E-state index in [4.69, 9.17) is 16.3 Å². The summed E-state index contributed by atoms with van der Waals surface area (Å²) in [5.41, 5.74) is 2.90. The molecule has 1 aliphatic rings. The molecule has 0 spiro atoms. The molecule has 2 N–H and O–H groups in total. The summed E-state index contributed by atoms with van der Waals surface area (Å²) in [6, 6.07) is 15.4. The van der Waals surface area contributed by atoms with Crippen molar-refractivity contribution in [3.63, 3.8) is 0 Å². The van der Waals surface area contributed by atoms with Crippen molar-refractivity contribution in [2.45, 2.75) is 39.1 Å². The summed E-state index contributed by atoms with van der Waals surface area (Å²) in [4.78, 5) is 18.9. The predicted molar refractivity (Wildman–Crippen MR) is 136 cm³/mol. The van der Waals surface area contributed by atoms with Crippen LogP contribution in [0.4, 0.5) is 0 Å².